The fraction of sp³-hybridized carbons (Fsp3) is 0.438. The molecule has 0 aliphatic heterocycles. The number of amides is 1. The third-order valence-corrected chi connectivity index (χ3v) is 6.45. The average molecular weight is 393 g/mol. The maximum atomic E-state index is 12.5. The molecule has 1 aliphatic rings. The predicted molar refractivity (Wildman–Crippen MR) is 93.8 cm³/mol. The summed E-state index contributed by atoms with van der Waals surface area (Å²) in [6.45, 7) is 4.11. The van der Waals surface area contributed by atoms with Crippen LogP contribution in [0, 0.1) is 24.2 Å². The van der Waals surface area contributed by atoms with E-state index in [0.29, 0.717) is 26.6 Å². The van der Waals surface area contributed by atoms with Gasteiger partial charge in [-0.3, -0.25) is 9.48 Å². The molecule has 7 heteroatoms. The summed E-state index contributed by atoms with van der Waals surface area (Å²) in [5.41, 5.74) is 2.96. The fourth-order valence-electron chi connectivity index (χ4n) is 2.85. The van der Waals surface area contributed by atoms with Gasteiger partial charge in [0, 0.05) is 11.9 Å². The van der Waals surface area contributed by atoms with Gasteiger partial charge in [0.15, 0.2) is 5.69 Å². The van der Waals surface area contributed by atoms with Crippen LogP contribution in [-0.2, 0) is 19.9 Å². The Morgan fingerprint density at radius 3 is 2.91 bits per heavy atom. The molecule has 1 amide bonds. The highest BCUT2D eigenvalue weighted by Gasteiger charge is 2.26. The van der Waals surface area contributed by atoms with E-state index in [9.17, 15) is 10.1 Å². The minimum atomic E-state index is -0.288. The second-order valence-electron chi connectivity index (χ2n) is 5.99. The van der Waals surface area contributed by atoms with Gasteiger partial charge in [-0.25, -0.2) is 0 Å². The van der Waals surface area contributed by atoms with E-state index in [-0.39, 0.29) is 5.91 Å². The molecule has 1 atom stereocenters. The predicted octanol–water partition coefficient (Wildman–Crippen LogP) is 3.80. The number of hydrogen-bond acceptors (Lipinski definition) is 4. The van der Waals surface area contributed by atoms with Crippen molar-refractivity contribution in [2.75, 3.05) is 5.32 Å². The number of fused-ring (bicyclic) bond motifs is 1. The van der Waals surface area contributed by atoms with Crippen molar-refractivity contribution in [1.29, 1.82) is 5.26 Å². The van der Waals surface area contributed by atoms with Crippen LogP contribution in [0.3, 0.4) is 0 Å². The lowest BCUT2D eigenvalue weighted by Gasteiger charge is -2.17. The van der Waals surface area contributed by atoms with Crippen molar-refractivity contribution >= 4 is 38.2 Å². The van der Waals surface area contributed by atoms with Crippen LogP contribution in [0.4, 0.5) is 5.00 Å². The molecule has 0 saturated carbocycles. The van der Waals surface area contributed by atoms with E-state index in [1.54, 1.807) is 11.7 Å². The maximum absolute atomic E-state index is 12.5. The van der Waals surface area contributed by atoms with Gasteiger partial charge in [0.05, 0.1) is 15.7 Å². The molecule has 0 fully saturated rings. The number of nitrogens with one attached hydrogen (secondary N) is 1. The summed E-state index contributed by atoms with van der Waals surface area (Å²) < 4.78 is 2.34. The van der Waals surface area contributed by atoms with Crippen LogP contribution in [0.1, 0.15) is 45.5 Å². The molecule has 2 aromatic rings. The van der Waals surface area contributed by atoms with E-state index in [0.717, 1.165) is 30.5 Å². The number of nitriles is 1. The number of aromatic nitrogens is 2. The lowest BCUT2D eigenvalue weighted by molar-refractivity contribution is 0.102. The Kier molecular flexibility index (Phi) is 4.30. The monoisotopic (exact) mass is 392 g/mol. The van der Waals surface area contributed by atoms with Crippen molar-refractivity contribution in [3.63, 3.8) is 0 Å². The van der Waals surface area contributed by atoms with E-state index in [4.69, 9.17) is 0 Å². The van der Waals surface area contributed by atoms with Crippen LogP contribution in [0.25, 0.3) is 0 Å². The van der Waals surface area contributed by atoms with Crippen LogP contribution in [-0.4, -0.2) is 15.7 Å². The number of thiophene rings is 1. The number of halogens is 1. The number of carbonyl (C=O) groups excluding carboxylic acids is 1. The summed E-state index contributed by atoms with van der Waals surface area (Å²) in [5, 5.41) is 17.3. The highest BCUT2D eigenvalue weighted by atomic mass is 79.9. The number of hydrogen-bond donors (Lipinski definition) is 1. The molecule has 23 heavy (non-hydrogen) atoms. The maximum Gasteiger partial charge on any atom is 0.277 e. The van der Waals surface area contributed by atoms with Gasteiger partial charge >= 0.3 is 0 Å². The van der Waals surface area contributed by atoms with Crippen molar-refractivity contribution in [3.05, 3.63) is 31.9 Å². The van der Waals surface area contributed by atoms with Gasteiger partial charge in [-0.15, -0.1) is 11.3 Å². The highest BCUT2D eigenvalue weighted by molar-refractivity contribution is 9.10. The molecule has 0 unspecified atom stereocenters. The van der Waals surface area contributed by atoms with Gasteiger partial charge in [0.25, 0.3) is 5.91 Å². The average Bonchev–Trinajstić information content (AvgIpc) is 2.98. The van der Waals surface area contributed by atoms with Crippen LogP contribution < -0.4 is 5.32 Å². The van der Waals surface area contributed by atoms with E-state index < -0.39 is 0 Å². The SMILES string of the molecule is Cc1c(Br)c(C(=O)Nc2sc3c(c2C#N)CC[C@@H](C)C3)nn1C. The first-order chi connectivity index (χ1) is 10.9. The molecule has 0 spiro atoms. The normalized spacial score (nSPS) is 16.7. The van der Waals surface area contributed by atoms with E-state index in [1.165, 1.54) is 16.2 Å². The Bertz CT molecular complexity index is 830. The molecule has 3 rings (SSSR count). The van der Waals surface area contributed by atoms with Crippen molar-refractivity contribution in [2.24, 2.45) is 13.0 Å². The summed E-state index contributed by atoms with van der Waals surface area (Å²) in [6, 6.07) is 2.26. The smallest absolute Gasteiger partial charge is 0.277 e. The summed E-state index contributed by atoms with van der Waals surface area (Å²) in [7, 11) is 1.79. The van der Waals surface area contributed by atoms with Crippen molar-refractivity contribution in [1.82, 2.24) is 9.78 Å². The van der Waals surface area contributed by atoms with Crippen LogP contribution >= 0.6 is 27.3 Å². The molecular weight excluding hydrogens is 376 g/mol. The van der Waals surface area contributed by atoms with Crippen molar-refractivity contribution in [3.8, 4) is 6.07 Å². The minimum absolute atomic E-state index is 0.288. The zero-order chi connectivity index (χ0) is 16.7. The number of carbonyl (C=O) groups is 1. The second-order valence-corrected chi connectivity index (χ2v) is 7.89. The van der Waals surface area contributed by atoms with Gasteiger partial charge in [-0.2, -0.15) is 10.4 Å². The molecule has 2 aromatic heterocycles. The largest absolute Gasteiger partial charge is 0.311 e. The molecule has 0 aromatic carbocycles. The summed E-state index contributed by atoms with van der Waals surface area (Å²) >= 11 is 4.94. The number of aryl methyl sites for hydroxylation is 1. The Hall–Kier alpha value is -1.65. The summed E-state index contributed by atoms with van der Waals surface area (Å²) in [5.74, 6) is 0.340. The topological polar surface area (TPSA) is 70.7 Å². The lowest BCUT2D eigenvalue weighted by atomic mass is 9.89. The first-order valence-corrected chi connectivity index (χ1v) is 9.08. The molecule has 1 N–H and O–H groups in total. The highest BCUT2D eigenvalue weighted by Crippen LogP contribution is 2.39. The number of nitrogens with zero attached hydrogens (tertiary/aromatic N) is 3. The molecule has 120 valence electrons. The summed E-state index contributed by atoms with van der Waals surface area (Å²) in [6.07, 6.45) is 2.99. The van der Waals surface area contributed by atoms with Gasteiger partial charge in [-0.1, -0.05) is 6.92 Å². The number of rotatable bonds is 2. The quantitative estimate of drug-likeness (QED) is 0.844. The van der Waals surface area contributed by atoms with E-state index in [2.05, 4.69) is 39.3 Å². The first-order valence-electron chi connectivity index (χ1n) is 7.47. The van der Waals surface area contributed by atoms with Gasteiger partial charge in [-0.05, 0) is 53.6 Å². The molecule has 2 heterocycles. The van der Waals surface area contributed by atoms with Crippen molar-refractivity contribution < 1.29 is 4.79 Å². The molecule has 5 nitrogen and oxygen atoms in total. The number of anilines is 1. The molecule has 0 saturated heterocycles. The third kappa shape index (κ3) is 2.81. The van der Waals surface area contributed by atoms with Gasteiger partial charge < -0.3 is 5.32 Å². The second kappa shape index (κ2) is 6.10. The molecule has 1 aliphatic carbocycles. The Balaban J connectivity index is 1.93. The molecule has 0 bridgehead atoms. The molecule has 0 radical (unpaired) electrons. The first kappa shape index (κ1) is 16.2. The zero-order valence-corrected chi connectivity index (χ0v) is 15.6. The van der Waals surface area contributed by atoms with E-state index in [1.807, 2.05) is 6.92 Å². The fourth-order valence-corrected chi connectivity index (χ4v) is 4.72. The summed E-state index contributed by atoms with van der Waals surface area (Å²) in [4.78, 5) is 13.8. The van der Waals surface area contributed by atoms with Crippen molar-refractivity contribution in [2.45, 2.75) is 33.1 Å². The van der Waals surface area contributed by atoms with Crippen LogP contribution in [0.5, 0.6) is 0 Å². The Morgan fingerprint density at radius 2 is 2.30 bits per heavy atom. The lowest BCUT2D eigenvalue weighted by Crippen LogP contribution is -2.13. The zero-order valence-electron chi connectivity index (χ0n) is 13.2. The van der Waals surface area contributed by atoms with Crippen LogP contribution in [0.2, 0.25) is 0 Å². The minimum Gasteiger partial charge on any atom is -0.311 e. The van der Waals surface area contributed by atoms with Gasteiger partial charge in [0.1, 0.15) is 11.1 Å². The standard InChI is InChI=1S/C16H17BrN4OS/c1-8-4-5-10-11(7-18)16(23-12(10)6-8)19-15(22)14-13(17)9(2)21(3)20-14/h8H,4-6H2,1-3H3,(H,19,22)/t8-/m1/s1. The van der Waals surface area contributed by atoms with Crippen LogP contribution in [0.15, 0.2) is 4.47 Å². The Labute approximate surface area is 147 Å². The van der Waals surface area contributed by atoms with Gasteiger partial charge in [0.2, 0.25) is 0 Å². The molecular formula is C16H17BrN4OS. The Morgan fingerprint density at radius 1 is 1.57 bits per heavy atom. The van der Waals surface area contributed by atoms with E-state index >= 15 is 0 Å². The third-order valence-electron chi connectivity index (χ3n) is 4.33.